The van der Waals surface area contributed by atoms with E-state index in [1.54, 1.807) is 5.56 Å². The molecule has 0 aromatic heterocycles. The quantitative estimate of drug-likeness (QED) is 0.493. The van der Waals surface area contributed by atoms with Crippen molar-refractivity contribution >= 4 is 10.0 Å². The smallest absolute Gasteiger partial charge is 0.0112 e. The van der Waals surface area contributed by atoms with Gasteiger partial charge < -0.3 is 0 Å². The zero-order valence-electron chi connectivity index (χ0n) is 17.1. The third-order valence-corrected chi connectivity index (χ3v) is 10.5. The molecule has 0 radical (unpaired) electrons. The normalized spacial score (nSPS) is 17.6. The van der Waals surface area contributed by atoms with Crippen LogP contribution in [0.1, 0.15) is 77.7 Å². The Labute approximate surface area is 147 Å². The van der Waals surface area contributed by atoms with Gasteiger partial charge in [0.2, 0.25) is 0 Å². The monoisotopic (exact) mass is 336 g/mol. The van der Waals surface area contributed by atoms with Crippen LogP contribution in [0.5, 0.6) is 0 Å². The molecule has 0 aliphatic rings. The fourth-order valence-electron chi connectivity index (χ4n) is 3.71. The second kappa shape index (κ2) is 8.10. The summed E-state index contributed by atoms with van der Waals surface area (Å²) in [6.07, 6.45) is 8.92. The minimum absolute atomic E-state index is 0.420. The zero-order valence-corrected chi connectivity index (χ0v) is 17.9. The summed E-state index contributed by atoms with van der Waals surface area (Å²) in [5.41, 5.74) is 3.55. The lowest BCUT2D eigenvalue weighted by molar-refractivity contribution is 0.219. The van der Waals surface area contributed by atoms with Gasteiger partial charge in [-0.2, -0.15) is 0 Å². The molecule has 0 heterocycles. The van der Waals surface area contributed by atoms with Crippen molar-refractivity contribution in [1.82, 2.24) is 0 Å². The molecule has 1 aromatic rings. The topological polar surface area (TPSA) is 0 Å². The molecule has 0 nitrogen and oxygen atoms in total. The summed E-state index contributed by atoms with van der Waals surface area (Å²) in [5.74, 6) is 0.817. The van der Waals surface area contributed by atoms with E-state index in [9.17, 15) is 0 Å². The second-order valence-corrected chi connectivity index (χ2v) is 13.2. The Morgan fingerprint density at radius 2 is 1.57 bits per heavy atom. The van der Waals surface area contributed by atoms with Crippen molar-refractivity contribution < 1.29 is 0 Å². The van der Waals surface area contributed by atoms with Crippen LogP contribution >= 0.6 is 10.0 Å². The van der Waals surface area contributed by atoms with Crippen molar-refractivity contribution in [1.29, 1.82) is 0 Å². The average molecular weight is 337 g/mol. The van der Waals surface area contributed by atoms with Gasteiger partial charge in [-0.3, -0.25) is 0 Å². The third-order valence-electron chi connectivity index (χ3n) is 6.16. The van der Waals surface area contributed by atoms with Crippen LogP contribution in [0.15, 0.2) is 24.3 Å². The first-order valence-corrected chi connectivity index (χ1v) is 11.9. The summed E-state index contributed by atoms with van der Waals surface area (Å²) in [6, 6.07) is 9.09. The molecule has 3 atom stereocenters. The lowest BCUT2D eigenvalue weighted by atomic mass is 9.77. The molecule has 1 heteroatoms. The van der Waals surface area contributed by atoms with Crippen LogP contribution < -0.4 is 0 Å². The van der Waals surface area contributed by atoms with E-state index < -0.39 is 10.0 Å². The Balaban J connectivity index is 3.00. The van der Waals surface area contributed by atoms with Crippen LogP contribution in [0.4, 0.5) is 0 Å². The second-order valence-electron chi connectivity index (χ2n) is 8.70. The molecule has 134 valence electrons. The molecule has 0 amide bonds. The Bertz CT molecular complexity index is 481. The maximum atomic E-state index is 2.56. The molecule has 0 aliphatic carbocycles. The third kappa shape index (κ3) is 5.02. The highest BCUT2D eigenvalue weighted by Gasteiger charge is 2.33. The fourth-order valence-corrected chi connectivity index (χ4v) is 6.02. The molecule has 0 spiro atoms. The Hall–Kier alpha value is -0.430. The highest BCUT2D eigenvalue weighted by Crippen LogP contribution is 2.60. The van der Waals surface area contributed by atoms with Crippen LogP contribution in [-0.2, 0) is 6.42 Å². The highest BCUT2D eigenvalue weighted by molar-refractivity contribution is 8.33. The number of hydrogen-bond acceptors (Lipinski definition) is 0. The summed E-state index contributed by atoms with van der Waals surface area (Å²) < 4.78 is 0. The van der Waals surface area contributed by atoms with Crippen molar-refractivity contribution in [2.75, 3.05) is 12.5 Å². The Morgan fingerprint density at radius 3 is 2.04 bits per heavy atom. The first-order valence-electron chi connectivity index (χ1n) is 9.34. The van der Waals surface area contributed by atoms with E-state index >= 15 is 0 Å². The Morgan fingerprint density at radius 1 is 1.00 bits per heavy atom. The van der Waals surface area contributed by atoms with Crippen molar-refractivity contribution in [3.63, 3.8) is 0 Å². The summed E-state index contributed by atoms with van der Waals surface area (Å²) in [7, 11) is -0.690. The first-order chi connectivity index (χ1) is 10.6. The van der Waals surface area contributed by atoms with E-state index in [0.717, 1.165) is 17.6 Å². The van der Waals surface area contributed by atoms with Crippen molar-refractivity contribution in [2.24, 2.45) is 11.3 Å². The van der Waals surface area contributed by atoms with Crippen molar-refractivity contribution in [3.8, 4) is 0 Å². The van der Waals surface area contributed by atoms with E-state index in [0.29, 0.717) is 10.7 Å². The Kier molecular flexibility index (Phi) is 7.26. The largest absolute Gasteiger partial charge is 0.238 e. The van der Waals surface area contributed by atoms with E-state index in [2.05, 4.69) is 85.2 Å². The molecular formula is C22H40S. The molecular weight excluding hydrogens is 296 g/mol. The van der Waals surface area contributed by atoms with Gasteiger partial charge in [-0.05, 0) is 53.1 Å². The molecule has 23 heavy (non-hydrogen) atoms. The number of hydrogen-bond donors (Lipinski definition) is 0. The van der Waals surface area contributed by atoms with Gasteiger partial charge in [-0.15, -0.1) is 0 Å². The van der Waals surface area contributed by atoms with Crippen molar-refractivity contribution in [2.45, 2.75) is 78.2 Å². The minimum atomic E-state index is -0.690. The SMILES string of the molecule is CCc1ccccc1C(C)S(C)(C)C(C)C[C@H](CC)C(C)(C)C. The van der Waals surface area contributed by atoms with Crippen LogP contribution in [0, 0.1) is 11.3 Å². The van der Waals surface area contributed by atoms with E-state index in [4.69, 9.17) is 0 Å². The lowest BCUT2D eigenvalue weighted by Gasteiger charge is -2.47. The predicted molar refractivity (Wildman–Crippen MR) is 111 cm³/mol. The van der Waals surface area contributed by atoms with E-state index in [-0.39, 0.29) is 0 Å². The first kappa shape index (κ1) is 20.6. The van der Waals surface area contributed by atoms with E-state index in [1.807, 2.05) is 0 Å². The lowest BCUT2D eigenvalue weighted by Crippen LogP contribution is -2.27. The van der Waals surface area contributed by atoms with Crippen LogP contribution in [-0.4, -0.2) is 17.8 Å². The van der Waals surface area contributed by atoms with Crippen LogP contribution in [0.25, 0.3) is 0 Å². The predicted octanol–water partition coefficient (Wildman–Crippen LogP) is 7.23. The fraction of sp³-hybridized carbons (Fsp3) is 0.727. The number of benzene rings is 1. The molecule has 0 fully saturated rings. The summed E-state index contributed by atoms with van der Waals surface area (Å²) in [5, 5.41) is 1.47. The van der Waals surface area contributed by atoms with Gasteiger partial charge in [0.1, 0.15) is 0 Å². The summed E-state index contributed by atoms with van der Waals surface area (Å²) in [6.45, 7) is 16.8. The number of rotatable bonds is 7. The van der Waals surface area contributed by atoms with Gasteiger partial charge >= 0.3 is 0 Å². The maximum absolute atomic E-state index is 2.56. The molecule has 0 aliphatic heterocycles. The molecule has 0 saturated carbocycles. The highest BCUT2D eigenvalue weighted by atomic mass is 32.3. The van der Waals surface area contributed by atoms with Crippen LogP contribution in [0.3, 0.4) is 0 Å². The standard InChI is InChI=1S/C22H40S/c1-10-19-14-12-13-15-21(19)18(4)23(8,9)17(3)16-20(11-2)22(5,6)7/h12-15,17-18,20H,10-11,16H2,1-9H3/t17?,18?,20-/m0/s1. The zero-order chi connectivity index (χ0) is 17.8. The molecule has 1 rings (SSSR count). The van der Waals surface area contributed by atoms with Gasteiger partial charge in [-0.1, -0.05) is 79.2 Å². The average Bonchev–Trinajstić information content (AvgIpc) is 2.50. The number of aryl methyl sites for hydroxylation is 1. The molecule has 1 aromatic carbocycles. The maximum Gasteiger partial charge on any atom is 0.0112 e. The van der Waals surface area contributed by atoms with E-state index in [1.165, 1.54) is 18.4 Å². The molecule has 2 unspecified atom stereocenters. The summed E-state index contributed by atoms with van der Waals surface area (Å²) in [4.78, 5) is 0. The summed E-state index contributed by atoms with van der Waals surface area (Å²) >= 11 is 0. The van der Waals surface area contributed by atoms with Gasteiger partial charge in [0, 0.05) is 5.25 Å². The minimum Gasteiger partial charge on any atom is -0.238 e. The van der Waals surface area contributed by atoms with Gasteiger partial charge in [0.05, 0.1) is 0 Å². The molecule has 0 bridgehead atoms. The molecule has 0 saturated heterocycles. The molecule has 0 N–H and O–H groups in total. The van der Waals surface area contributed by atoms with Crippen LogP contribution in [0.2, 0.25) is 0 Å². The van der Waals surface area contributed by atoms with Gasteiger partial charge in [-0.25, -0.2) is 10.0 Å². The van der Waals surface area contributed by atoms with Gasteiger partial charge in [0.15, 0.2) is 0 Å². The van der Waals surface area contributed by atoms with Gasteiger partial charge in [0.25, 0.3) is 0 Å². The van der Waals surface area contributed by atoms with Crippen molar-refractivity contribution in [3.05, 3.63) is 35.4 Å².